The van der Waals surface area contributed by atoms with Crippen LogP contribution < -0.4 is 0 Å². The summed E-state index contributed by atoms with van der Waals surface area (Å²) in [4.78, 5) is 24.8. The predicted molar refractivity (Wildman–Crippen MR) is 104 cm³/mol. The molecule has 0 radical (unpaired) electrons. The van der Waals surface area contributed by atoms with E-state index in [1.54, 1.807) is 32.9 Å². The highest BCUT2D eigenvalue weighted by molar-refractivity contribution is 6.04. The Morgan fingerprint density at radius 1 is 1.27 bits per heavy atom. The molecule has 30 heavy (non-hydrogen) atoms. The van der Waals surface area contributed by atoms with Crippen LogP contribution in [0.2, 0.25) is 0 Å². The molecule has 5 N–H and O–H groups in total. The minimum absolute atomic E-state index is 0.147. The number of Topliss-reactive ketones (excluding diaryl/α,β-unsaturated/α-hetero) is 1. The number of aliphatic hydroxyl groups is 5. The average molecular weight is 422 g/mol. The molecule has 4 aliphatic rings. The maximum absolute atomic E-state index is 12.9. The molecule has 166 valence electrons. The lowest BCUT2D eigenvalue weighted by molar-refractivity contribution is -0.219. The van der Waals surface area contributed by atoms with Crippen LogP contribution in [0.1, 0.15) is 34.1 Å². The van der Waals surface area contributed by atoms with Crippen molar-refractivity contribution in [3.05, 3.63) is 23.3 Å². The summed E-state index contributed by atoms with van der Waals surface area (Å²) in [6.07, 6.45) is 1.71. The molecule has 8 nitrogen and oxygen atoms in total. The third-order valence-corrected chi connectivity index (χ3v) is 8.43. The molecule has 2 fully saturated rings. The van der Waals surface area contributed by atoms with E-state index in [0.29, 0.717) is 11.1 Å². The zero-order valence-electron chi connectivity index (χ0n) is 17.6. The van der Waals surface area contributed by atoms with E-state index in [1.165, 1.54) is 6.92 Å². The molecule has 8 heteroatoms. The lowest BCUT2D eigenvalue weighted by Gasteiger charge is -2.52. The Hall–Kier alpha value is -1.58. The normalized spacial score (nSPS) is 51.8. The number of ether oxygens (including phenoxy) is 1. The van der Waals surface area contributed by atoms with Gasteiger partial charge in [-0.1, -0.05) is 26.0 Å². The third-order valence-electron chi connectivity index (χ3n) is 8.43. The molecular weight excluding hydrogens is 392 g/mol. The Labute approximate surface area is 174 Å². The highest BCUT2D eigenvalue weighted by Crippen LogP contribution is 2.76. The van der Waals surface area contributed by atoms with Gasteiger partial charge in [-0.25, -0.2) is 0 Å². The third kappa shape index (κ3) is 2.18. The monoisotopic (exact) mass is 422 g/mol. The lowest BCUT2D eigenvalue weighted by atomic mass is 9.59. The second kappa shape index (κ2) is 6.23. The van der Waals surface area contributed by atoms with E-state index in [1.807, 2.05) is 0 Å². The smallest absolute Gasteiger partial charge is 0.303 e. The number of ketones is 1. The van der Waals surface area contributed by atoms with Gasteiger partial charge in [-0.2, -0.15) is 0 Å². The predicted octanol–water partition coefficient (Wildman–Crippen LogP) is -0.527. The van der Waals surface area contributed by atoms with Crippen LogP contribution >= 0.6 is 0 Å². The van der Waals surface area contributed by atoms with Gasteiger partial charge in [0, 0.05) is 42.4 Å². The van der Waals surface area contributed by atoms with Gasteiger partial charge in [0.15, 0.2) is 11.4 Å². The summed E-state index contributed by atoms with van der Waals surface area (Å²) in [5.74, 6) is -4.50. The number of aliphatic hydroxyl groups excluding tert-OH is 3. The van der Waals surface area contributed by atoms with E-state index >= 15 is 0 Å². The molecule has 4 aliphatic carbocycles. The van der Waals surface area contributed by atoms with Crippen LogP contribution in [0.3, 0.4) is 0 Å². The van der Waals surface area contributed by atoms with Crippen molar-refractivity contribution in [2.75, 3.05) is 13.2 Å². The van der Waals surface area contributed by atoms with Crippen LogP contribution in [0.25, 0.3) is 0 Å². The first kappa shape index (κ1) is 21.6. The number of esters is 1. The standard InChI is InChI=1S/C22H30O8/c1-10-5-15-20(28,17(10)26)7-13(8-23)6-14-16-19(4,9-24)22(16,30-12(3)25)18(27)11(2)21(14,15)29/h5-6,11,14-16,18,23-24,27-29H,7-9H2,1-4H3/t11-,14+,15-,16-,18-,19-,20-,21-,22-/m1/s1. The number of carbonyl (C=O) groups excluding carboxylic acids is 2. The Bertz CT molecular complexity index is 878. The summed E-state index contributed by atoms with van der Waals surface area (Å²) in [6.45, 7) is 5.26. The van der Waals surface area contributed by atoms with E-state index in [9.17, 15) is 35.1 Å². The zero-order valence-corrected chi connectivity index (χ0v) is 17.6. The van der Waals surface area contributed by atoms with Gasteiger partial charge in [-0.3, -0.25) is 9.59 Å². The number of rotatable bonds is 3. The van der Waals surface area contributed by atoms with Crippen LogP contribution in [0.4, 0.5) is 0 Å². The summed E-state index contributed by atoms with van der Waals surface area (Å²) in [5, 5.41) is 54.9. The highest BCUT2D eigenvalue weighted by atomic mass is 16.6. The van der Waals surface area contributed by atoms with Crippen molar-refractivity contribution >= 4 is 11.8 Å². The molecular formula is C22H30O8. The van der Waals surface area contributed by atoms with Crippen molar-refractivity contribution in [2.24, 2.45) is 29.1 Å². The van der Waals surface area contributed by atoms with Crippen molar-refractivity contribution in [1.82, 2.24) is 0 Å². The van der Waals surface area contributed by atoms with Crippen molar-refractivity contribution in [3.8, 4) is 0 Å². The summed E-state index contributed by atoms with van der Waals surface area (Å²) in [6, 6.07) is 0. The quantitative estimate of drug-likeness (QED) is 0.302. The van der Waals surface area contributed by atoms with Gasteiger partial charge in [0.05, 0.1) is 18.8 Å². The number of fused-ring (bicyclic) bond motifs is 5. The highest BCUT2D eigenvalue weighted by Gasteiger charge is 2.88. The first-order valence-corrected chi connectivity index (χ1v) is 10.3. The van der Waals surface area contributed by atoms with Gasteiger partial charge in [-0.05, 0) is 18.1 Å². The fourth-order valence-electron chi connectivity index (χ4n) is 6.93. The van der Waals surface area contributed by atoms with E-state index in [-0.39, 0.29) is 6.42 Å². The molecule has 9 atom stereocenters. The van der Waals surface area contributed by atoms with Crippen molar-refractivity contribution in [3.63, 3.8) is 0 Å². The molecule has 0 aromatic carbocycles. The first-order valence-electron chi connectivity index (χ1n) is 10.3. The Morgan fingerprint density at radius 2 is 1.90 bits per heavy atom. The summed E-state index contributed by atoms with van der Waals surface area (Å²) in [5.41, 5.74) is -5.46. The molecule has 0 unspecified atom stereocenters. The average Bonchev–Trinajstić information content (AvgIpc) is 3.17. The maximum atomic E-state index is 12.9. The van der Waals surface area contributed by atoms with E-state index in [0.717, 1.165) is 0 Å². The minimum atomic E-state index is -1.94. The van der Waals surface area contributed by atoms with Gasteiger partial charge in [0.2, 0.25) is 0 Å². The topological polar surface area (TPSA) is 145 Å². The molecule has 0 aromatic heterocycles. The van der Waals surface area contributed by atoms with Gasteiger partial charge in [-0.15, -0.1) is 0 Å². The fourth-order valence-corrected chi connectivity index (χ4v) is 6.93. The summed E-state index contributed by atoms with van der Waals surface area (Å²) in [7, 11) is 0. The Kier molecular flexibility index (Phi) is 4.50. The molecule has 0 aromatic rings. The minimum Gasteiger partial charge on any atom is -0.455 e. The van der Waals surface area contributed by atoms with Gasteiger partial charge >= 0.3 is 5.97 Å². The molecule has 4 rings (SSSR count). The van der Waals surface area contributed by atoms with Crippen molar-refractivity contribution in [2.45, 2.75) is 57.0 Å². The second-order valence-corrected chi connectivity index (χ2v) is 9.83. The van der Waals surface area contributed by atoms with Crippen LogP contribution in [-0.2, 0) is 14.3 Å². The van der Waals surface area contributed by atoms with Gasteiger partial charge < -0.3 is 30.3 Å². The molecule has 0 saturated heterocycles. The van der Waals surface area contributed by atoms with Gasteiger partial charge in [0.25, 0.3) is 0 Å². The number of hydrogen-bond acceptors (Lipinski definition) is 8. The molecule has 0 amide bonds. The largest absolute Gasteiger partial charge is 0.455 e. The van der Waals surface area contributed by atoms with E-state index < -0.39 is 77.0 Å². The van der Waals surface area contributed by atoms with Crippen LogP contribution in [-0.4, -0.2) is 73.4 Å². The molecule has 2 saturated carbocycles. The van der Waals surface area contributed by atoms with Crippen LogP contribution in [0.15, 0.2) is 23.3 Å². The fraction of sp³-hybridized carbons (Fsp3) is 0.727. The maximum Gasteiger partial charge on any atom is 0.303 e. The number of carbonyl (C=O) groups is 2. The van der Waals surface area contributed by atoms with Crippen LogP contribution in [0, 0.1) is 29.1 Å². The lowest BCUT2D eigenvalue weighted by Crippen LogP contribution is -2.65. The van der Waals surface area contributed by atoms with Gasteiger partial charge in [0.1, 0.15) is 11.7 Å². The Balaban J connectivity index is 1.96. The second-order valence-electron chi connectivity index (χ2n) is 9.83. The van der Waals surface area contributed by atoms with Crippen molar-refractivity contribution in [1.29, 1.82) is 0 Å². The van der Waals surface area contributed by atoms with E-state index in [4.69, 9.17) is 4.74 Å². The Morgan fingerprint density at radius 3 is 2.43 bits per heavy atom. The number of hydrogen-bond donors (Lipinski definition) is 5. The molecule has 0 spiro atoms. The first-order chi connectivity index (χ1) is 13.9. The van der Waals surface area contributed by atoms with Crippen molar-refractivity contribution < 1.29 is 39.9 Å². The summed E-state index contributed by atoms with van der Waals surface area (Å²) < 4.78 is 5.63. The molecule has 0 bridgehead atoms. The molecule has 0 heterocycles. The van der Waals surface area contributed by atoms with Crippen LogP contribution in [0.5, 0.6) is 0 Å². The van der Waals surface area contributed by atoms with E-state index in [2.05, 4.69) is 0 Å². The molecule has 0 aliphatic heterocycles. The zero-order chi connectivity index (χ0) is 22.4. The SMILES string of the molecule is CC(=O)O[C@@]12[C@H](O)[C@@H](C)[C@@]3(O)[C@@H](C=C(CO)C[C@]4(O)C(=O)C(C)=C[C@@H]34)[C@@H]1[C@@]2(C)CO. The summed E-state index contributed by atoms with van der Waals surface area (Å²) >= 11 is 0.